The molecule has 1 aliphatic carbocycles. The van der Waals surface area contributed by atoms with Crippen LogP contribution in [0.15, 0.2) is 30.3 Å². The summed E-state index contributed by atoms with van der Waals surface area (Å²) in [4.78, 5) is 41.4. The summed E-state index contributed by atoms with van der Waals surface area (Å²) in [6.07, 6.45) is 7.71. The van der Waals surface area contributed by atoms with E-state index in [1.807, 2.05) is 44.2 Å². The second kappa shape index (κ2) is 14.5. The molecule has 3 amide bonds. The fourth-order valence-corrected chi connectivity index (χ4v) is 5.39. The Morgan fingerprint density at radius 1 is 1.03 bits per heavy atom. The number of carbonyl (C=O) groups excluding carboxylic acids is 3. The number of nitrogens with one attached hydrogen (secondary N) is 4. The van der Waals surface area contributed by atoms with E-state index in [4.69, 9.17) is 0 Å². The lowest BCUT2D eigenvalue weighted by atomic mass is 9.89. The molecule has 1 aromatic carbocycles. The predicted molar refractivity (Wildman–Crippen MR) is 147 cm³/mol. The number of carbonyl (C=O) groups is 3. The Hall–Kier alpha value is -2.45. The van der Waals surface area contributed by atoms with E-state index in [-0.39, 0.29) is 29.7 Å². The van der Waals surface area contributed by atoms with Crippen LogP contribution >= 0.6 is 0 Å². The van der Waals surface area contributed by atoms with Crippen molar-refractivity contribution in [1.82, 2.24) is 26.2 Å². The van der Waals surface area contributed by atoms with E-state index < -0.39 is 18.1 Å². The largest absolute Gasteiger partial charge is 0.354 e. The van der Waals surface area contributed by atoms with Gasteiger partial charge in [0.25, 0.3) is 0 Å². The Bertz CT molecular complexity index is 872. The van der Waals surface area contributed by atoms with Crippen LogP contribution in [-0.4, -0.2) is 73.5 Å². The average molecular weight is 514 g/mol. The molecule has 1 saturated heterocycles. The maximum Gasteiger partial charge on any atom is 0.246 e. The lowest BCUT2D eigenvalue weighted by Crippen LogP contribution is -2.57. The zero-order valence-electron chi connectivity index (χ0n) is 23.1. The monoisotopic (exact) mass is 513 g/mol. The summed E-state index contributed by atoms with van der Waals surface area (Å²) in [5.74, 6) is 0.0454. The fraction of sp³-hybridized carbons (Fsp3) is 0.690. The van der Waals surface area contributed by atoms with Crippen molar-refractivity contribution < 1.29 is 14.4 Å². The van der Waals surface area contributed by atoms with E-state index in [0.717, 1.165) is 18.5 Å². The smallest absolute Gasteiger partial charge is 0.246 e. The van der Waals surface area contributed by atoms with Crippen LogP contribution in [0.1, 0.15) is 64.9 Å². The molecule has 4 atom stereocenters. The lowest BCUT2D eigenvalue weighted by molar-refractivity contribution is -0.142. The van der Waals surface area contributed by atoms with E-state index >= 15 is 0 Å². The first-order chi connectivity index (χ1) is 17.8. The van der Waals surface area contributed by atoms with Gasteiger partial charge in [0.15, 0.2) is 0 Å². The van der Waals surface area contributed by atoms with Crippen LogP contribution in [0.5, 0.6) is 0 Å². The topological polar surface area (TPSA) is 103 Å². The zero-order valence-corrected chi connectivity index (χ0v) is 23.1. The van der Waals surface area contributed by atoms with Gasteiger partial charge in [0.2, 0.25) is 17.7 Å². The van der Waals surface area contributed by atoms with Crippen molar-refractivity contribution in [3.63, 3.8) is 0 Å². The molecule has 1 heterocycles. The summed E-state index contributed by atoms with van der Waals surface area (Å²) in [6.45, 7) is 7.54. The highest BCUT2D eigenvalue weighted by Gasteiger charge is 2.42. The molecule has 2 aliphatic rings. The average Bonchev–Trinajstić information content (AvgIpc) is 3.35. The SMILES string of the molecule is CNC(C)C(=O)NC(C(=O)N1CC(NCC2CCCCC2)CC1C(=O)NCCc1ccccc1)C(C)C. The van der Waals surface area contributed by atoms with Crippen LogP contribution in [0.4, 0.5) is 0 Å². The first-order valence-corrected chi connectivity index (χ1v) is 14.1. The van der Waals surface area contributed by atoms with Crippen LogP contribution in [0.2, 0.25) is 0 Å². The molecule has 37 heavy (non-hydrogen) atoms. The molecule has 0 spiro atoms. The molecule has 3 rings (SSSR count). The van der Waals surface area contributed by atoms with Crippen molar-refractivity contribution in [1.29, 1.82) is 0 Å². The van der Waals surface area contributed by atoms with Gasteiger partial charge in [-0.3, -0.25) is 14.4 Å². The van der Waals surface area contributed by atoms with E-state index in [9.17, 15) is 14.4 Å². The van der Waals surface area contributed by atoms with Gasteiger partial charge in [0, 0.05) is 19.1 Å². The summed E-state index contributed by atoms with van der Waals surface area (Å²) in [6, 6.07) is 8.48. The summed E-state index contributed by atoms with van der Waals surface area (Å²) in [5.41, 5.74) is 1.16. The van der Waals surface area contributed by atoms with Crippen LogP contribution in [-0.2, 0) is 20.8 Å². The molecule has 8 nitrogen and oxygen atoms in total. The van der Waals surface area contributed by atoms with E-state index in [1.54, 1.807) is 18.9 Å². The minimum absolute atomic E-state index is 0.0653. The van der Waals surface area contributed by atoms with Crippen LogP contribution < -0.4 is 21.3 Å². The van der Waals surface area contributed by atoms with Crippen molar-refractivity contribution >= 4 is 17.7 Å². The Morgan fingerprint density at radius 2 is 1.73 bits per heavy atom. The zero-order chi connectivity index (χ0) is 26.8. The number of hydrogen-bond donors (Lipinski definition) is 4. The third kappa shape index (κ3) is 8.54. The summed E-state index contributed by atoms with van der Waals surface area (Å²) in [5, 5.41) is 12.6. The highest BCUT2D eigenvalue weighted by atomic mass is 16.2. The predicted octanol–water partition coefficient (Wildman–Crippen LogP) is 2.23. The Morgan fingerprint density at radius 3 is 2.38 bits per heavy atom. The van der Waals surface area contributed by atoms with Gasteiger partial charge in [-0.25, -0.2) is 0 Å². The molecule has 0 bridgehead atoms. The highest BCUT2D eigenvalue weighted by Crippen LogP contribution is 2.25. The molecule has 2 fully saturated rings. The molecule has 0 aromatic heterocycles. The van der Waals surface area contributed by atoms with Crippen LogP contribution in [0.3, 0.4) is 0 Å². The Kier molecular flexibility index (Phi) is 11.4. The minimum atomic E-state index is -0.681. The maximum absolute atomic E-state index is 13.8. The number of hydrogen-bond acceptors (Lipinski definition) is 5. The quantitative estimate of drug-likeness (QED) is 0.343. The third-order valence-electron chi connectivity index (χ3n) is 7.92. The molecular weight excluding hydrogens is 466 g/mol. The van der Waals surface area contributed by atoms with Crippen molar-refractivity contribution in [2.75, 3.05) is 26.7 Å². The van der Waals surface area contributed by atoms with Gasteiger partial charge in [0.05, 0.1) is 6.04 Å². The van der Waals surface area contributed by atoms with Gasteiger partial charge in [0.1, 0.15) is 12.1 Å². The molecule has 206 valence electrons. The summed E-state index contributed by atoms with van der Waals surface area (Å²) >= 11 is 0. The highest BCUT2D eigenvalue weighted by molar-refractivity contribution is 5.93. The van der Waals surface area contributed by atoms with Crippen molar-refractivity contribution in [3.8, 4) is 0 Å². The van der Waals surface area contributed by atoms with Gasteiger partial charge in [-0.15, -0.1) is 0 Å². The minimum Gasteiger partial charge on any atom is -0.354 e. The van der Waals surface area contributed by atoms with Crippen molar-refractivity contribution in [2.45, 2.75) is 89.9 Å². The standard InChI is InChI=1S/C29H47N5O3/c1-20(2)26(33-27(35)21(3)30-4)29(37)34-19-24(32-18-23-13-9-6-10-14-23)17-25(34)28(36)31-16-15-22-11-7-5-8-12-22/h5,7-8,11-12,20-21,23-26,30,32H,6,9-10,13-19H2,1-4H3,(H,31,36)(H,33,35). The molecular formula is C29H47N5O3. The molecule has 4 N–H and O–H groups in total. The molecule has 1 aliphatic heterocycles. The Labute approximate surface area is 222 Å². The normalized spacial score (nSPS) is 22.0. The summed E-state index contributed by atoms with van der Waals surface area (Å²) < 4.78 is 0. The lowest BCUT2D eigenvalue weighted by Gasteiger charge is -2.31. The van der Waals surface area contributed by atoms with Crippen LogP contribution in [0, 0.1) is 11.8 Å². The molecule has 4 unspecified atom stereocenters. The number of benzene rings is 1. The summed E-state index contributed by atoms with van der Waals surface area (Å²) in [7, 11) is 1.72. The first-order valence-electron chi connectivity index (χ1n) is 14.1. The maximum atomic E-state index is 13.8. The molecule has 1 aromatic rings. The molecule has 0 radical (unpaired) electrons. The van der Waals surface area contributed by atoms with Crippen molar-refractivity contribution in [2.24, 2.45) is 11.8 Å². The molecule has 1 saturated carbocycles. The van der Waals surface area contributed by atoms with Gasteiger partial charge >= 0.3 is 0 Å². The van der Waals surface area contributed by atoms with Crippen LogP contribution in [0.25, 0.3) is 0 Å². The van der Waals surface area contributed by atoms with Crippen molar-refractivity contribution in [3.05, 3.63) is 35.9 Å². The Balaban J connectivity index is 1.67. The van der Waals surface area contributed by atoms with E-state index in [0.29, 0.717) is 25.4 Å². The van der Waals surface area contributed by atoms with E-state index in [1.165, 1.54) is 32.1 Å². The van der Waals surface area contributed by atoms with Gasteiger partial charge in [-0.2, -0.15) is 0 Å². The number of nitrogens with zero attached hydrogens (tertiary/aromatic N) is 1. The second-order valence-electron chi connectivity index (χ2n) is 11.1. The van der Waals surface area contributed by atoms with Gasteiger partial charge in [-0.05, 0) is 63.6 Å². The van der Waals surface area contributed by atoms with E-state index in [2.05, 4.69) is 21.3 Å². The number of likely N-dealkylation sites (tertiary alicyclic amines) is 1. The van der Waals surface area contributed by atoms with Gasteiger partial charge in [-0.1, -0.05) is 63.4 Å². The second-order valence-corrected chi connectivity index (χ2v) is 11.1. The molecule has 8 heteroatoms. The first kappa shape index (κ1) is 29.1. The number of amides is 3. The number of likely N-dealkylation sites (N-methyl/N-ethyl adjacent to an activating group) is 1. The van der Waals surface area contributed by atoms with Gasteiger partial charge < -0.3 is 26.2 Å². The third-order valence-corrected chi connectivity index (χ3v) is 7.92. The number of rotatable bonds is 12. The fourth-order valence-electron chi connectivity index (χ4n) is 5.39.